The number of nitrogens with one attached hydrogen (secondary N) is 1. The highest BCUT2D eigenvalue weighted by atomic mass is 35.5. The van der Waals surface area contributed by atoms with Crippen LogP contribution in [0.2, 0.25) is 5.02 Å². The summed E-state index contributed by atoms with van der Waals surface area (Å²) < 4.78 is 0. The van der Waals surface area contributed by atoms with Gasteiger partial charge in [0.15, 0.2) is 0 Å². The summed E-state index contributed by atoms with van der Waals surface area (Å²) in [6.45, 7) is 1.90. The number of benzene rings is 3. The van der Waals surface area contributed by atoms with Crippen molar-refractivity contribution in [1.82, 2.24) is 5.32 Å². The van der Waals surface area contributed by atoms with Crippen molar-refractivity contribution in [2.45, 2.75) is 43.6 Å². The Morgan fingerprint density at radius 1 is 0.935 bits per heavy atom. The Morgan fingerprint density at radius 2 is 1.52 bits per heavy atom. The molecule has 31 heavy (non-hydrogen) atoms. The lowest BCUT2D eigenvalue weighted by molar-refractivity contribution is -0.127. The molecule has 4 heteroatoms. The van der Waals surface area contributed by atoms with E-state index in [2.05, 4.69) is 17.4 Å². The van der Waals surface area contributed by atoms with E-state index in [1.165, 1.54) is 0 Å². The molecule has 3 nitrogen and oxygen atoms in total. The second kappa shape index (κ2) is 8.86. The first-order chi connectivity index (χ1) is 14.9. The van der Waals surface area contributed by atoms with Crippen molar-refractivity contribution in [3.8, 4) is 11.1 Å². The second-order valence-electron chi connectivity index (χ2n) is 8.70. The van der Waals surface area contributed by atoms with E-state index >= 15 is 0 Å². The molecule has 2 N–H and O–H groups in total. The molecule has 0 aromatic heterocycles. The van der Waals surface area contributed by atoms with E-state index in [4.69, 9.17) is 11.6 Å². The summed E-state index contributed by atoms with van der Waals surface area (Å²) in [6.07, 6.45) is 3.67. The van der Waals surface area contributed by atoms with Crippen molar-refractivity contribution in [3.05, 3.63) is 95.0 Å². The smallest absolute Gasteiger partial charge is 0.230 e. The number of carbonyl (C=O) groups excluding carboxylic acids is 1. The van der Waals surface area contributed by atoms with Crippen LogP contribution in [0.15, 0.2) is 78.9 Å². The van der Waals surface area contributed by atoms with Crippen molar-refractivity contribution in [1.29, 1.82) is 0 Å². The van der Waals surface area contributed by atoms with Gasteiger partial charge in [-0.15, -0.1) is 0 Å². The summed E-state index contributed by atoms with van der Waals surface area (Å²) in [5.74, 6) is -0.0199. The number of hydrogen-bond acceptors (Lipinski definition) is 2. The molecule has 0 spiro atoms. The molecule has 1 aliphatic carbocycles. The number of amides is 1. The maximum Gasteiger partial charge on any atom is 0.230 e. The minimum Gasteiger partial charge on any atom is -0.384 e. The van der Waals surface area contributed by atoms with E-state index in [0.29, 0.717) is 5.02 Å². The molecule has 0 aliphatic heterocycles. The molecule has 3 aromatic rings. The van der Waals surface area contributed by atoms with Gasteiger partial charge in [0.2, 0.25) is 5.91 Å². The van der Waals surface area contributed by atoms with Crippen LogP contribution in [0, 0.1) is 0 Å². The molecular weight excluding hydrogens is 406 g/mol. The summed E-state index contributed by atoms with van der Waals surface area (Å²) in [5.41, 5.74) is 2.30. The third kappa shape index (κ3) is 4.53. The standard InChI is InChI=1S/C27H28ClNO2/c1-26(31,22-11-9-21(10-12-22)20-7-3-2-4-8-20)19-29-25(30)27(17-5-6-18-27)23-13-15-24(28)16-14-23/h2-4,7-16,31H,5-6,17-19H2,1H3,(H,29,30). The SMILES string of the molecule is CC(O)(CNC(=O)C1(c2ccc(Cl)cc2)CCCC1)c1ccc(-c2ccccc2)cc1. The van der Waals surface area contributed by atoms with Crippen LogP contribution in [0.25, 0.3) is 11.1 Å². The Balaban J connectivity index is 1.48. The van der Waals surface area contributed by atoms with E-state index < -0.39 is 11.0 Å². The van der Waals surface area contributed by atoms with E-state index in [-0.39, 0.29) is 12.5 Å². The van der Waals surface area contributed by atoms with Gasteiger partial charge in [-0.05, 0) is 54.2 Å². The summed E-state index contributed by atoms with van der Waals surface area (Å²) in [5, 5.41) is 14.8. The molecule has 1 saturated carbocycles. The van der Waals surface area contributed by atoms with Gasteiger partial charge in [0, 0.05) is 5.02 Å². The van der Waals surface area contributed by atoms with E-state index in [0.717, 1.165) is 47.9 Å². The van der Waals surface area contributed by atoms with Gasteiger partial charge >= 0.3 is 0 Å². The molecule has 1 amide bonds. The summed E-state index contributed by atoms with van der Waals surface area (Å²) >= 11 is 6.05. The average molecular weight is 434 g/mol. The largest absolute Gasteiger partial charge is 0.384 e. The van der Waals surface area contributed by atoms with Crippen LogP contribution in [-0.2, 0) is 15.8 Å². The Labute approximate surface area is 189 Å². The Hall–Kier alpha value is -2.62. The topological polar surface area (TPSA) is 49.3 Å². The lowest BCUT2D eigenvalue weighted by atomic mass is 9.78. The minimum atomic E-state index is -1.16. The molecule has 1 atom stereocenters. The van der Waals surface area contributed by atoms with Gasteiger partial charge < -0.3 is 10.4 Å². The van der Waals surface area contributed by atoms with Crippen LogP contribution in [0.1, 0.15) is 43.7 Å². The zero-order chi connectivity index (χ0) is 21.9. The summed E-state index contributed by atoms with van der Waals surface area (Å²) in [4.78, 5) is 13.3. The molecule has 0 radical (unpaired) electrons. The molecule has 1 unspecified atom stereocenters. The molecule has 4 rings (SSSR count). The molecule has 1 fully saturated rings. The van der Waals surface area contributed by atoms with Gasteiger partial charge in [-0.25, -0.2) is 0 Å². The Kier molecular flexibility index (Phi) is 6.17. The fourth-order valence-corrected chi connectivity index (χ4v) is 4.70. The number of halogens is 1. The Bertz CT molecular complexity index is 1020. The molecule has 3 aromatic carbocycles. The minimum absolute atomic E-state index is 0.0199. The van der Waals surface area contributed by atoms with Crippen molar-refractivity contribution in [2.75, 3.05) is 6.54 Å². The van der Waals surface area contributed by atoms with Crippen molar-refractivity contribution in [3.63, 3.8) is 0 Å². The van der Waals surface area contributed by atoms with Crippen LogP contribution >= 0.6 is 11.6 Å². The van der Waals surface area contributed by atoms with E-state index in [1.807, 2.05) is 66.7 Å². The van der Waals surface area contributed by atoms with Gasteiger partial charge in [-0.1, -0.05) is 91.2 Å². The van der Waals surface area contributed by atoms with Crippen LogP contribution < -0.4 is 5.32 Å². The van der Waals surface area contributed by atoms with E-state index in [1.54, 1.807) is 6.92 Å². The molecular formula is C27H28ClNO2. The molecule has 0 saturated heterocycles. The van der Waals surface area contributed by atoms with Gasteiger partial charge in [-0.3, -0.25) is 4.79 Å². The number of aliphatic hydroxyl groups is 1. The van der Waals surface area contributed by atoms with Crippen LogP contribution in [0.4, 0.5) is 0 Å². The zero-order valence-corrected chi connectivity index (χ0v) is 18.5. The highest BCUT2D eigenvalue weighted by Crippen LogP contribution is 2.42. The highest BCUT2D eigenvalue weighted by molar-refractivity contribution is 6.30. The van der Waals surface area contributed by atoms with Crippen LogP contribution in [0.3, 0.4) is 0 Å². The van der Waals surface area contributed by atoms with Crippen molar-refractivity contribution in [2.24, 2.45) is 0 Å². The third-order valence-corrected chi connectivity index (χ3v) is 6.75. The lowest BCUT2D eigenvalue weighted by Crippen LogP contribution is -2.47. The maximum absolute atomic E-state index is 13.3. The van der Waals surface area contributed by atoms with Crippen LogP contribution in [0.5, 0.6) is 0 Å². The van der Waals surface area contributed by atoms with Gasteiger partial charge in [0.25, 0.3) is 0 Å². The first kappa shape index (κ1) is 21.6. The monoisotopic (exact) mass is 433 g/mol. The number of rotatable bonds is 6. The van der Waals surface area contributed by atoms with Gasteiger partial charge in [-0.2, -0.15) is 0 Å². The van der Waals surface area contributed by atoms with Crippen molar-refractivity contribution < 1.29 is 9.90 Å². The predicted molar refractivity (Wildman–Crippen MR) is 126 cm³/mol. The number of hydrogen-bond donors (Lipinski definition) is 2. The molecule has 1 aliphatic rings. The van der Waals surface area contributed by atoms with Crippen molar-refractivity contribution >= 4 is 17.5 Å². The first-order valence-corrected chi connectivity index (χ1v) is 11.2. The zero-order valence-electron chi connectivity index (χ0n) is 17.8. The summed E-state index contributed by atoms with van der Waals surface area (Å²) in [7, 11) is 0. The van der Waals surface area contributed by atoms with Gasteiger partial charge in [0.1, 0.15) is 5.60 Å². The lowest BCUT2D eigenvalue weighted by Gasteiger charge is -2.31. The summed E-state index contributed by atoms with van der Waals surface area (Å²) in [6, 6.07) is 25.6. The van der Waals surface area contributed by atoms with E-state index in [9.17, 15) is 9.90 Å². The molecule has 0 heterocycles. The molecule has 160 valence electrons. The Morgan fingerprint density at radius 3 is 2.13 bits per heavy atom. The molecule has 0 bridgehead atoms. The quantitative estimate of drug-likeness (QED) is 0.512. The number of carbonyl (C=O) groups is 1. The highest BCUT2D eigenvalue weighted by Gasteiger charge is 2.43. The van der Waals surface area contributed by atoms with Crippen LogP contribution in [-0.4, -0.2) is 17.6 Å². The normalized spacial score (nSPS) is 17.1. The predicted octanol–water partition coefficient (Wildman–Crippen LogP) is 5.84. The maximum atomic E-state index is 13.3. The third-order valence-electron chi connectivity index (χ3n) is 6.50. The second-order valence-corrected chi connectivity index (χ2v) is 9.13. The fraction of sp³-hybridized carbons (Fsp3) is 0.296. The van der Waals surface area contributed by atoms with Gasteiger partial charge in [0.05, 0.1) is 12.0 Å². The fourth-order valence-electron chi connectivity index (χ4n) is 4.57. The average Bonchev–Trinajstić information content (AvgIpc) is 3.30. The first-order valence-electron chi connectivity index (χ1n) is 10.8.